The third-order valence-electron chi connectivity index (χ3n) is 9.50. The van der Waals surface area contributed by atoms with Crippen molar-refractivity contribution in [3.63, 3.8) is 0 Å². The fourth-order valence-electron chi connectivity index (χ4n) is 7.46. The highest BCUT2D eigenvalue weighted by molar-refractivity contribution is 5.38. The lowest BCUT2D eigenvalue weighted by molar-refractivity contribution is 0.0278. The first-order valence-corrected chi connectivity index (χ1v) is 13.4. The zero-order valence-corrected chi connectivity index (χ0v) is 21.3. The maximum Gasteiger partial charge on any atom is 0.0811 e. The van der Waals surface area contributed by atoms with Crippen molar-refractivity contribution in [2.24, 2.45) is 35.0 Å². The number of hydrogen-bond donors (Lipinski definition) is 3. The Labute approximate surface area is 201 Å². The lowest BCUT2D eigenvalue weighted by Gasteiger charge is -2.44. The van der Waals surface area contributed by atoms with Gasteiger partial charge in [-0.3, -0.25) is 0 Å². The molecule has 3 heteroatoms. The number of fused-ring (bicyclic) bond motifs is 1. The predicted octanol–water partition coefficient (Wildman–Crippen LogP) is 6.12. The molecule has 0 aliphatic heterocycles. The number of aliphatic hydroxyl groups excluding tert-OH is 2. The van der Waals surface area contributed by atoms with E-state index in [4.69, 9.17) is 0 Å². The van der Waals surface area contributed by atoms with Crippen molar-refractivity contribution in [3.05, 3.63) is 47.6 Å². The van der Waals surface area contributed by atoms with E-state index in [0.717, 1.165) is 17.6 Å². The van der Waals surface area contributed by atoms with Crippen LogP contribution in [0.1, 0.15) is 85.5 Å². The summed E-state index contributed by atoms with van der Waals surface area (Å²) in [5, 5.41) is 30.9. The van der Waals surface area contributed by atoms with Gasteiger partial charge in [-0.05, 0) is 105 Å². The molecule has 0 heterocycles. The summed E-state index contributed by atoms with van der Waals surface area (Å²) in [7, 11) is 0. The molecule has 0 aromatic rings. The van der Waals surface area contributed by atoms with E-state index in [-0.39, 0.29) is 5.92 Å². The molecule has 0 radical (unpaired) electrons. The van der Waals surface area contributed by atoms with E-state index < -0.39 is 17.8 Å². The first kappa shape index (κ1) is 24.9. The third-order valence-corrected chi connectivity index (χ3v) is 9.50. The average molecular weight is 455 g/mol. The SMILES string of the molecule is C=C1/C(=C\C=C2/CCC[C@]3(C)[C@@H]([C@H](C)/C=C/[C@H](C4CC4)C(C)(C)O)CC[C@@H]23)C[C@@H](O)C[C@@H]1O. The fourth-order valence-corrected chi connectivity index (χ4v) is 7.46. The monoisotopic (exact) mass is 454 g/mol. The Morgan fingerprint density at radius 1 is 1.09 bits per heavy atom. The van der Waals surface area contributed by atoms with Gasteiger partial charge in [0.1, 0.15) is 0 Å². The summed E-state index contributed by atoms with van der Waals surface area (Å²) in [6, 6.07) is 0. The molecular formula is C30H46O3. The van der Waals surface area contributed by atoms with E-state index in [0.29, 0.717) is 41.9 Å². The maximum absolute atomic E-state index is 10.7. The minimum Gasteiger partial charge on any atom is -0.393 e. The second-order valence-electron chi connectivity index (χ2n) is 12.4. The molecule has 4 aliphatic carbocycles. The second-order valence-corrected chi connectivity index (χ2v) is 12.4. The van der Waals surface area contributed by atoms with Crippen LogP contribution in [-0.4, -0.2) is 33.1 Å². The van der Waals surface area contributed by atoms with Crippen molar-refractivity contribution in [1.29, 1.82) is 0 Å². The van der Waals surface area contributed by atoms with Crippen LogP contribution in [0, 0.1) is 35.0 Å². The summed E-state index contributed by atoms with van der Waals surface area (Å²) >= 11 is 0. The van der Waals surface area contributed by atoms with Crippen LogP contribution < -0.4 is 0 Å². The zero-order chi connectivity index (χ0) is 24.0. The van der Waals surface area contributed by atoms with Gasteiger partial charge in [0, 0.05) is 12.3 Å². The quantitative estimate of drug-likeness (QED) is 0.424. The number of aliphatic hydroxyl groups is 3. The Bertz CT molecular complexity index is 824. The fraction of sp³-hybridized carbons (Fsp3) is 0.733. The predicted molar refractivity (Wildman–Crippen MR) is 136 cm³/mol. The Morgan fingerprint density at radius 3 is 2.48 bits per heavy atom. The van der Waals surface area contributed by atoms with Gasteiger partial charge < -0.3 is 15.3 Å². The first-order chi connectivity index (χ1) is 15.5. The van der Waals surface area contributed by atoms with Crippen molar-refractivity contribution >= 4 is 0 Å². The Kier molecular flexibility index (Phi) is 7.16. The standard InChI is InChI=1S/C30H46O3/c1-19(8-13-26(22-9-10-22)29(3,4)33)25-14-15-27-21(7-6-16-30(25,27)5)11-12-23-17-24(31)18-28(32)20(23)2/h8,11-13,19,22,24-28,31-33H,2,6-7,9-10,14-18H2,1,3-5H3/b13-8+,21-11+,23-12-/t19-,24-,25-,26-,27+,28+,30-/m1/s1. The Morgan fingerprint density at radius 2 is 1.82 bits per heavy atom. The molecule has 3 N–H and O–H groups in total. The van der Waals surface area contributed by atoms with Gasteiger partial charge >= 0.3 is 0 Å². The zero-order valence-electron chi connectivity index (χ0n) is 21.3. The third kappa shape index (κ3) is 5.26. The van der Waals surface area contributed by atoms with Gasteiger partial charge in [0.25, 0.3) is 0 Å². The molecule has 0 saturated heterocycles. The highest BCUT2D eigenvalue weighted by Gasteiger charge is 2.50. The molecule has 3 nitrogen and oxygen atoms in total. The summed E-state index contributed by atoms with van der Waals surface area (Å²) in [5.41, 5.74) is 3.00. The van der Waals surface area contributed by atoms with Crippen LogP contribution in [0.5, 0.6) is 0 Å². The van der Waals surface area contributed by atoms with E-state index in [9.17, 15) is 15.3 Å². The minimum atomic E-state index is -0.641. The second kappa shape index (κ2) is 9.47. The van der Waals surface area contributed by atoms with Crippen molar-refractivity contribution in [3.8, 4) is 0 Å². The van der Waals surface area contributed by atoms with Crippen LogP contribution >= 0.6 is 0 Å². The first-order valence-electron chi connectivity index (χ1n) is 13.4. The van der Waals surface area contributed by atoms with E-state index in [2.05, 4.69) is 44.7 Å². The Balaban J connectivity index is 1.49. The van der Waals surface area contributed by atoms with Crippen molar-refractivity contribution < 1.29 is 15.3 Å². The van der Waals surface area contributed by atoms with Crippen molar-refractivity contribution in [1.82, 2.24) is 0 Å². The van der Waals surface area contributed by atoms with Gasteiger partial charge in [0.05, 0.1) is 17.8 Å². The molecule has 0 amide bonds. The van der Waals surface area contributed by atoms with Crippen molar-refractivity contribution in [2.75, 3.05) is 0 Å². The van der Waals surface area contributed by atoms with Crippen molar-refractivity contribution in [2.45, 2.75) is 103 Å². The summed E-state index contributed by atoms with van der Waals surface area (Å²) in [4.78, 5) is 0. The van der Waals surface area contributed by atoms with Gasteiger partial charge in [-0.25, -0.2) is 0 Å². The van der Waals surface area contributed by atoms with Crippen LogP contribution in [0.4, 0.5) is 0 Å². The molecule has 4 aliphatic rings. The molecule has 4 rings (SSSR count). The van der Waals surface area contributed by atoms with E-state index in [1.54, 1.807) is 5.57 Å². The number of hydrogen-bond acceptors (Lipinski definition) is 3. The lowest BCUT2D eigenvalue weighted by Crippen LogP contribution is -2.36. The summed E-state index contributed by atoms with van der Waals surface area (Å²) in [6.45, 7) is 12.9. The van der Waals surface area contributed by atoms with Gasteiger partial charge in [0.2, 0.25) is 0 Å². The minimum absolute atomic E-state index is 0.271. The topological polar surface area (TPSA) is 60.7 Å². The lowest BCUT2D eigenvalue weighted by atomic mass is 9.61. The summed E-state index contributed by atoms with van der Waals surface area (Å²) in [5.74, 6) is 2.73. The molecule has 0 spiro atoms. The summed E-state index contributed by atoms with van der Waals surface area (Å²) < 4.78 is 0. The van der Waals surface area contributed by atoms with E-state index in [1.165, 1.54) is 38.5 Å². The van der Waals surface area contributed by atoms with Crippen LogP contribution in [0.25, 0.3) is 0 Å². The van der Waals surface area contributed by atoms with Crippen LogP contribution in [0.2, 0.25) is 0 Å². The largest absolute Gasteiger partial charge is 0.393 e. The smallest absolute Gasteiger partial charge is 0.0811 e. The molecule has 0 unspecified atom stereocenters. The molecule has 0 aromatic carbocycles. The maximum atomic E-state index is 10.7. The molecule has 4 fully saturated rings. The highest BCUT2D eigenvalue weighted by atomic mass is 16.3. The number of allylic oxidation sites excluding steroid dienone is 4. The van der Waals surface area contributed by atoms with Gasteiger partial charge in [-0.2, -0.15) is 0 Å². The van der Waals surface area contributed by atoms with Gasteiger partial charge in [0.15, 0.2) is 0 Å². The van der Waals surface area contributed by atoms with Crippen LogP contribution in [0.15, 0.2) is 47.6 Å². The molecule has 184 valence electrons. The number of rotatable bonds is 6. The molecule has 0 aromatic heterocycles. The average Bonchev–Trinajstić information content (AvgIpc) is 3.48. The van der Waals surface area contributed by atoms with Crippen LogP contribution in [-0.2, 0) is 0 Å². The molecular weight excluding hydrogens is 408 g/mol. The molecule has 0 bridgehead atoms. The molecule has 33 heavy (non-hydrogen) atoms. The highest BCUT2D eigenvalue weighted by Crippen LogP contribution is 2.59. The normalized spacial score (nSPS) is 39.9. The van der Waals surface area contributed by atoms with Crippen LogP contribution in [0.3, 0.4) is 0 Å². The molecule has 4 saturated carbocycles. The van der Waals surface area contributed by atoms with E-state index in [1.807, 2.05) is 13.8 Å². The molecule has 7 atom stereocenters. The van der Waals surface area contributed by atoms with Gasteiger partial charge in [-0.15, -0.1) is 0 Å². The Hall–Kier alpha value is -1.16. The van der Waals surface area contributed by atoms with E-state index >= 15 is 0 Å². The summed E-state index contributed by atoms with van der Waals surface area (Å²) in [6.07, 6.45) is 17.8. The van der Waals surface area contributed by atoms with Gasteiger partial charge in [-0.1, -0.05) is 50.3 Å².